The third-order valence-corrected chi connectivity index (χ3v) is 2.59. The molecule has 0 fully saturated rings. The van der Waals surface area contributed by atoms with E-state index in [1.165, 1.54) is 0 Å². The molecular weight excluding hydrogens is 198 g/mol. The average molecular weight is 210 g/mol. The smallest absolute Gasteiger partial charge is 0.198 e. The van der Waals surface area contributed by atoms with Gasteiger partial charge in [-0.3, -0.25) is 0 Å². The molecule has 0 bridgehead atoms. The molecule has 0 spiro atoms. The summed E-state index contributed by atoms with van der Waals surface area (Å²) in [5, 5.41) is 0.726. The van der Waals surface area contributed by atoms with Crippen molar-refractivity contribution in [2.24, 2.45) is 0 Å². The Morgan fingerprint density at radius 3 is 2.71 bits per heavy atom. The van der Waals surface area contributed by atoms with Crippen LogP contribution in [0, 0.1) is 6.92 Å². The van der Waals surface area contributed by atoms with E-state index in [1.807, 2.05) is 19.1 Å². The van der Waals surface area contributed by atoms with Gasteiger partial charge >= 0.3 is 0 Å². The van der Waals surface area contributed by atoms with Crippen LogP contribution < -0.4 is 0 Å². The first-order chi connectivity index (χ1) is 6.58. The molecular formula is C11H12ClNO. The molecule has 0 radical (unpaired) electrons. The van der Waals surface area contributed by atoms with Crippen LogP contribution in [0.1, 0.15) is 31.2 Å². The van der Waals surface area contributed by atoms with E-state index in [-0.39, 0.29) is 0 Å². The first kappa shape index (κ1) is 9.53. The van der Waals surface area contributed by atoms with E-state index in [4.69, 9.17) is 16.0 Å². The summed E-state index contributed by atoms with van der Waals surface area (Å²) in [6, 6.07) is 3.78. The minimum atomic E-state index is 0.307. The van der Waals surface area contributed by atoms with E-state index < -0.39 is 0 Å². The van der Waals surface area contributed by atoms with Crippen molar-refractivity contribution in [3.05, 3.63) is 28.6 Å². The van der Waals surface area contributed by atoms with Gasteiger partial charge in [-0.1, -0.05) is 25.4 Å². The van der Waals surface area contributed by atoms with E-state index in [2.05, 4.69) is 18.8 Å². The highest BCUT2D eigenvalue weighted by molar-refractivity contribution is 6.31. The van der Waals surface area contributed by atoms with E-state index in [0.717, 1.165) is 27.6 Å². The van der Waals surface area contributed by atoms with Crippen molar-refractivity contribution >= 4 is 22.7 Å². The zero-order valence-electron chi connectivity index (χ0n) is 8.47. The number of fused-ring (bicyclic) bond motifs is 1. The lowest BCUT2D eigenvalue weighted by Gasteiger charge is -1.94. The third-order valence-electron chi connectivity index (χ3n) is 2.18. The SMILES string of the molecule is Cc1cc2nc(C(C)C)oc2cc1Cl. The minimum absolute atomic E-state index is 0.307. The van der Waals surface area contributed by atoms with Gasteiger partial charge in [0.25, 0.3) is 0 Å². The van der Waals surface area contributed by atoms with E-state index >= 15 is 0 Å². The normalized spacial score (nSPS) is 11.5. The van der Waals surface area contributed by atoms with Gasteiger partial charge in [-0.15, -0.1) is 0 Å². The lowest BCUT2D eigenvalue weighted by molar-refractivity contribution is 0.501. The Kier molecular flexibility index (Phi) is 2.23. The predicted octanol–water partition coefficient (Wildman–Crippen LogP) is 3.91. The van der Waals surface area contributed by atoms with Gasteiger partial charge in [-0.2, -0.15) is 0 Å². The number of rotatable bonds is 1. The number of nitrogens with zero attached hydrogens (tertiary/aromatic N) is 1. The topological polar surface area (TPSA) is 26.0 Å². The first-order valence-corrected chi connectivity index (χ1v) is 5.02. The molecule has 0 aliphatic heterocycles. The molecule has 0 saturated carbocycles. The molecule has 0 saturated heterocycles. The summed E-state index contributed by atoms with van der Waals surface area (Å²) in [6.07, 6.45) is 0. The van der Waals surface area contributed by atoms with Crippen LogP contribution in [-0.4, -0.2) is 4.98 Å². The van der Waals surface area contributed by atoms with Crippen LogP contribution in [0.15, 0.2) is 16.5 Å². The number of aromatic nitrogens is 1. The zero-order chi connectivity index (χ0) is 10.3. The average Bonchev–Trinajstić information content (AvgIpc) is 2.48. The Labute approximate surface area is 87.9 Å². The fraction of sp³-hybridized carbons (Fsp3) is 0.364. The van der Waals surface area contributed by atoms with Crippen LogP contribution in [0.4, 0.5) is 0 Å². The van der Waals surface area contributed by atoms with E-state index in [0.29, 0.717) is 5.92 Å². The molecule has 1 aromatic carbocycles. The van der Waals surface area contributed by atoms with Gasteiger partial charge in [-0.05, 0) is 18.6 Å². The monoisotopic (exact) mass is 209 g/mol. The van der Waals surface area contributed by atoms with Crippen LogP contribution in [0.2, 0.25) is 5.02 Å². The molecule has 0 amide bonds. The maximum absolute atomic E-state index is 5.99. The maximum atomic E-state index is 5.99. The Hall–Kier alpha value is -1.02. The second kappa shape index (κ2) is 3.28. The van der Waals surface area contributed by atoms with Crippen LogP contribution in [-0.2, 0) is 0 Å². The quantitative estimate of drug-likeness (QED) is 0.712. The van der Waals surface area contributed by atoms with E-state index in [9.17, 15) is 0 Å². The largest absolute Gasteiger partial charge is 0.440 e. The molecule has 1 heterocycles. The summed E-state index contributed by atoms with van der Waals surface area (Å²) in [5.74, 6) is 1.07. The second-order valence-corrected chi connectivity index (χ2v) is 4.18. The molecule has 2 rings (SSSR count). The van der Waals surface area contributed by atoms with Crippen LogP contribution >= 0.6 is 11.6 Å². The highest BCUT2D eigenvalue weighted by atomic mass is 35.5. The van der Waals surface area contributed by atoms with Crippen molar-refractivity contribution < 1.29 is 4.42 Å². The van der Waals surface area contributed by atoms with Gasteiger partial charge in [0.15, 0.2) is 11.5 Å². The Balaban J connectivity index is 2.66. The zero-order valence-corrected chi connectivity index (χ0v) is 9.22. The standard InChI is InChI=1S/C11H12ClNO/c1-6(2)11-13-9-4-7(3)8(12)5-10(9)14-11/h4-6H,1-3H3. The van der Waals surface area contributed by atoms with Gasteiger partial charge in [0.1, 0.15) is 5.52 Å². The number of aryl methyl sites for hydroxylation is 1. The molecule has 1 aromatic heterocycles. The summed E-state index contributed by atoms with van der Waals surface area (Å²) in [5.41, 5.74) is 2.68. The number of benzene rings is 1. The highest BCUT2D eigenvalue weighted by Gasteiger charge is 2.10. The van der Waals surface area contributed by atoms with Gasteiger partial charge in [0.2, 0.25) is 0 Å². The van der Waals surface area contributed by atoms with Crippen molar-refractivity contribution in [3.63, 3.8) is 0 Å². The molecule has 14 heavy (non-hydrogen) atoms. The summed E-state index contributed by atoms with van der Waals surface area (Å²) in [6.45, 7) is 6.07. The third kappa shape index (κ3) is 1.50. The lowest BCUT2D eigenvalue weighted by Crippen LogP contribution is -1.84. The number of hydrogen-bond donors (Lipinski definition) is 0. The molecule has 74 valence electrons. The van der Waals surface area contributed by atoms with Gasteiger partial charge in [0.05, 0.1) is 0 Å². The fourth-order valence-corrected chi connectivity index (χ4v) is 1.47. The summed E-state index contributed by atoms with van der Waals surface area (Å²) in [4.78, 5) is 4.39. The molecule has 3 heteroatoms. The van der Waals surface area contributed by atoms with E-state index in [1.54, 1.807) is 0 Å². The highest BCUT2D eigenvalue weighted by Crippen LogP contribution is 2.26. The van der Waals surface area contributed by atoms with Gasteiger partial charge < -0.3 is 4.42 Å². The summed E-state index contributed by atoms with van der Waals surface area (Å²) >= 11 is 5.99. The molecule has 0 aliphatic rings. The van der Waals surface area contributed by atoms with Crippen LogP contribution in [0.5, 0.6) is 0 Å². The summed E-state index contributed by atoms with van der Waals surface area (Å²) in [7, 11) is 0. The molecule has 0 aliphatic carbocycles. The lowest BCUT2D eigenvalue weighted by atomic mass is 10.2. The Morgan fingerprint density at radius 1 is 1.36 bits per heavy atom. The molecule has 0 unspecified atom stereocenters. The van der Waals surface area contributed by atoms with Crippen molar-refractivity contribution in [1.29, 1.82) is 0 Å². The molecule has 2 nitrogen and oxygen atoms in total. The fourth-order valence-electron chi connectivity index (χ4n) is 1.32. The molecule has 2 aromatic rings. The maximum Gasteiger partial charge on any atom is 0.198 e. The number of oxazole rings is 1. The Bertz CT molecular complexity index is 434. The minimum Gasteiger partial charge on any atom is -0.440 e. The second-order valence-electron chi connectivity index (χ2n) is 3.78. The van der Waals surface area contributed by atoms with Crippen molar-refractivity contribution in [2.75, 3.05) is 0 Å². The van der Waals surface area contributed by atoms with Crippen molar-refractivity contribution in [1.82, 2.24) is 4.98 Å². The molecule has 0 N–H and O–H groups in total. The Morgan fingerprint density at radius 2 is 2.07 bits per heavy atom. The summed E-state index contributed by atoms with van der Waals surface area (Å²) < 4.78 is 5.57. The van der Waals surface area contributed by atoms with Crippen molar-refractivity contribution in [2.45, 2.75) is 26.7 Å². The molecule has 0 atom stereocenters. The van der Waals surface area contributed by atoms with Crippen molar-refractivity contribution in [3.8, 4) is 0 Å². The van der Waals surface area contributed by atoms with Gasteiger partial charge in [0, 0.05) is 17.0 Å². The number of hydrogen-bond acceptors (Lipinski definition) is 2. The number of halogens is 1. The van der Waals surface area contributed by atoms with Crippen LogP contribution in [0.3, 0.4) is 0 Å². The predicted molar refractivity (Wildman–Crippen MR) is 57.8 cm³/mol. The first-order valence-electron chi connectivity index (χ1n) is 4.64. The van der Waals surface area contributed by atoms with Crippen LogP contribution in [0.25, 0.3) is 11.1 Å². The van der Waals surface area contributed by atoms with Gasteiger partial charge in [-0.25, -0.2) is 4.98 Å².